The van der Waals surface area contributed by atoms with Crippen LogP contribution in [0.4, 0.5) is 8.78 Å². The van der Waals surface area contributed by atoms with Gasteiger partial charge in [0.05, 0.1) is 12.6 Å². The summed E-state index contributed by atoms with van der Waals surface area (Å²) in [7, 11) is 0. The van der Waals surface area contributed by atoms with Crippen molar-refractivity contribution in [3.63, 3.8) is 0 Å². The second kappa shape index (κ2) is 3.66. The first-order chi connectivity index (χ1) is 5.55. The minimum atomic E-state index is -2.78. The monoisotopic (exact) mass is 179 g/mol. The van der Waals surface area contributed by atoms with Crippen LogP contribution in [0.15, 0.2) is 0 Å². The molecule has 72 valence electrons. The second-order valence-corrected chi connectivity index (χ2v) is 3.38. The molecule has 2 atom stereocenters. The molecule has 4 heteroatoms. The van der Waals surface area contributed by atoms with Gasteiger partial charge in [-0.05, 0) is 19.8 Å². The standard InChI is InChI=1S/C8H15F2NO/c1-6(11)8(9,10)7-3-2-4-12-5-7/h6-7H,2-5,11H2,1H3. The lowest BCUT2D eigenvalue weighted by atomic mass is 9.91. The van der Waals surface area contributed by atoms with Crippen LogP contribution in [0, 0.1) is 5.92 Å². The number of hydrogen-bond donors (Lipinski definition) is 1. The molecule has 1 rings (SSSR count). The van der Waals surface area contributed by atoms with Gasteiger partial charge < -0.3 is 10.5 Å². The molecule has 0 spiro atoms. The first kappa shape index (κ1) is 9.86. The van der Waals surface area contributed by atoms with E-state index in [0.29, 0.717) is 19.4 Å². The second-order valence-electron chi connectivity index (χ2n) is 3.38. The molecule has 1 heterocycles. The Kier molecular flexibility index (Phi) is 3.01. The Morgan fingerprint density at radius 2 is 2.25 bits per heavy atom. The van der Waals surface area contributed by atoms with E-state index in [-0.39, 0.29) is 6.61 Å². The Morgan fingerprint density at radius 3 is 2.67 bits per heavy atom. The molecule has 0 saturated carbocycles. The van der Waals surface area contributed by atoms with E-state index in [9.17, 15) is 8.78 Å². The lowest BCUT2D eigenvalue weighted by Gasteiger charge is -2.32. The van der Waals surface area contributed by atoms with Gasteiger partial charge in [0.15, 0.2) is 0 Å². The molecule has 1 saturated heterocycles. The first-order valence-electron chi connectivity index (χ1n) is 4.26. The summed E-state index contributed by atoms with van der Waals surface area (Å²) in [5.74, 6) is -3.47. The molecule has 0 aromatic rings. The molecule has 0 radical (unpaired) electrons. The van der Waals surface area contributed by atoms with Crippen LogP contribution in [-0.2, 0) is 4.74 Å². The number of alkyl halides is 2. The number of ether oxygens (including phenoxy) is 1. The molecule has 2 N–H and O–H groups in total. The highest BCUT2D eigenvalue weighted by Gasteiger charge is 2.43. The summed E-state index contributed by atoms with van der Waals surface area (Å²) in [6, 6.07) is -1.08. The Labute approximate surface area is 71.1 Å². The van der Waals surface area contributed by atoms with E-state index >= 15 is 0 Å². The molecule has 1 fully saturated rings. The van der Waals surface area contributed by atoms with Crippen molar-refractivity contribution in [2.45, 2.75) is 31.7 Å². The molecule has 0 bridgehead atoms. The van der Waals surface area contributed by atoms with Crippen molar-refractivity contribution in [2.75, 3.05) is 13.2 Å². The van der Waals surface area contributed by atoms with Gasteiger partial charge in [-0.1, -0.05) is 0 Å². The number of rotatable bonds is 2. The molecule has 0 aromatic heterocycles. The van der Waals surface area contributed by atoms with E-state index in [4.69, 9.17) is 10.5 Å². The Balaban J connectivity index is 2.53. The third-order valence-corrected chi connectivity index (χ3v) is 2.31. The van der Waals surface area contributed by atoms with Crippen molar-refractivity contribution in [1.82, 2.24) is 0 Å². The van der Waals surface area contributed by atoms with Crippen LogP contribution in [0.25, 0.3) is 0 Å². The van der Waals surface area contributed by atoms with Gasteiger partial charge in [0.1, 0.15) is 0 Å². The summed E-state index contributed by atoms with van der Waals surface area (Å²) in [6.07, 6.45) is 1.24. The lowest BCUT2D eigenvalue weighted by molar-refractivity contribution is -0.120. The summed E-state index contributed by atoms with van der Waals surface area (Å²) in [6.45, 7) is 2.09. The predicted molar refractivity (Wildman–Crippen MR) is 42.1 cm³/mol. The van der Waals surface area contributed by atoms with Crippen LogP contribution >= 0.6 is 0 Å². The fourth-order valence-electron chi connectivity index (χ4n) is 1.42. The minimum Gasteiger partial charge on any atom is -0.381 e. The average Bonchev–Trinajstić information content (AvgIpc) is 2.06. The quantitative estimate of drug-likeness (QED) is 0.695. The van der Waals surface area contributed by atoms with E-state index in [1.165, 1.54) is 6.92 Å². The van der Waals surface area contributed by atoms with Gasteiger partial charge in [-0.15, -0.1) is 0 Å². The fourth-order valence-corrected chi connectivity index (χ4v) is 1.42. The van der Waals surface area contributed by atoms with Gasteiger partial charge in [-0.2, -0.15) is 0 Å². The predicted octanol–water partition coefficient (Wildman–Crippen LogP) is 1.40. The van der Waals surface area contributed by atoms with E-state index < -0.39 is 17.9 Å². The topological polar surface area (TPSA) is 35.2 Å². The van der Waals surface area contributed by atoms with Crippen molar-refractivity contribution in [2.24, 2.45) is 11.7 Å². The largest absolute Gasteiger partial charge is 0.381 e. The molecule has 1 aliphatic heterocycles. The first-order valence-corrected chi connectivity index (χ1v) is 4.26. The summed E-state index contributed by atoms with van der Waals surface area (Å²) in [5.41, 5.74) is 5.20. The summed E-state index contributed by atoms with van der Waals surface area (Å²) in [4.78, 5) is 0. The van der Waals surface area contributed by atoms with Crippen LogP contribution in [0.3, 0.4) is 0 Å². The lowest BCUT2D eigenvalue weighted by Crippen LogP contribution is -2.47. The molecule has 2 unspecified atom stereocenters. The molecular formula is C8H15F2NO. The van der Waals surface area contributed by atoms with Crippen LogP contribution < -0.4 is 5.73 Å². The van der Waals surface area contributed by atoms with Crippen molar-refractivity contribution in [1.29, 1.82) is 0 Å². The van der Waals surface area contributed by atoms with Crippen molar-refractivity contribution < 1.29 is 13.5 Å². The normalized spacial score (nSPS) is 28.5. The third-order valence-electron chi connectivity index (χ3n) is 2.31. The highest BCUT2D eigenvalue weighted by atomic mass is 19.3. The Bertz CT molecular complexity index is 144. The van der Waals surface area contributed by atoms with Crippen LogP contribution in [0.5, 0.6) is 0 Å². The number of hydrogen-bond acceptors (Lipinski definition) is 2. The summed E-state index contributed by atoms with van der Waals surface area (Å²) >= 11 is 0. The minimum absolute atomic E-state index is 0.147. The molecule has 2 nitrogen and oxygen atoms in total. The summed E-state index contributed by atoms with van der Waals surface area (Å²) < 4.78 is 31.4. The van der Waals surface area contributed by atoms with Gasteiger partial charge in [0.2, 0.25) is 0 Å². The maximum Gasteiger partial charge on any atom is 0.267 e. The highest BCUT2D eigenvalue weighted by Crippen LogP contribution is 2.32. The Hall–Kier alpha value is -0.220. The van der Waals surface area contributed by atoms with Gasteiger partial charge in [-0.3, -0.25) is 0 Å². The molecule has 1 aliphatic rings. The average molecular weight is 179 g/mol. The smallest absolute Gasteiger partial charge is 0.267 e. The van der Waals surface area contributed by atoms with Gasteiger partial charge >= 0.3 is 0 Å². The number of halogens is 2. The maximum atomic E-state index is 13.2. The fraction of sp³-hybridized carbons (Fsp3) is 1.00. The maximum absolute atomic E-state index is 13.2. The van der Waals surface area contributed by atoms with E-state index in [2.05, 4.69) is 0 Å². The van der Waals surface area contributed by atoms with Crippen molar-refractivity contribution in [3.8, 4) is 0 Å². The van der Waals surface area contributed by atoms with Gasteiger partial charge in [0.25, 0.3) is 5.92 Å². The number of nitrogens with two attached hydrogens (primary N) is 1. The molecule has 12 heavy (non-hydrogen) atoms. The molecular weight excluding hydrogens is 164 g/mol. The van der Waals surface area contributed by atoms with Gasteiger partial charge in [0, 0.05) is 12.5 Å². The molecule has 0 aromatic carbocycles. The molecule has 0 aliphatic carbocycles. The molecule has 0 amide bonds. The third kappa shape index (κ3) is 1.93. The van der Waals surface area contributed by atoms with Gasteiger partial charge in [-0.25, -0.2) is 8.78 Å². The van der Waals surface area contributed by atoms with Crippen molar-refractivity contribution >= 4 is 0 Å². The zero-order valence-corrected chi connectivity index (χ0v) is 7.22. The van der Waals surface area contributed by atoms with E-state index in [0.717, 1.165) is 0 Å². The Morgan fingerprint density at radius 1 is 1.58 bits per heavy atom. The van der Waals surface area contributed by atoms with Crippen LogP contribution in [-0.4, -0.2) is 25.2 Å². The van der Waals surface area contributed by atoms with Crippen molar-refractivity contribution in [3.05, 3.63) is 0 Å². The van der Waals surface area contributed by atoms with Crippen LogP contribution in [0.2, 0.25) is 0 Å². The summed E-state index contributed by atoms with van der Waals surface area (Å²) in [5, 5.41) is 0. The highest BCUT2D eigenvalue weighted by molar-refractivity contribution is 4.85. The zero-order chi connectivity index (χ0) is 9.19. The van der Waals surface area contributed by atoms with E-state index in [1.54, 1.807) is 0 Å². The SMILES string of the molecule is CC(N)C(F)(F)C1CCCOC1. The zero-order valence-electron chi connectivity index (χ0n) is 7.22. The van der Waals surface area contributed by atoms with E-state index in [1.807, 2.05) is 0 Å². The van der Waals surface area contributed by atoms with Crippen LogP contribution in [0.1, 0.15) is 19.8 Å².